The second kappa shape index (κ2) is 11.2. The molecule has 1 fully saturated rings. The van der Waals surface area contributed by atoms with Gasteiger partial charge in [0.1, 0.15) is 0 Å². The zero-order valence-corrected chi connectivity index (χ0v) is 16.1. The first-order valence-electron chi connectivity index (χ1n) is 9.51. The van der Waals surface area contributed by atoms with Gasteiger partial charge in [0.2, 0.25) is 0 Å². The fraction of sp³-hybridized carbons (Fsp3) is 0.545. The van der Waals surface area contributed by atoms with Crippen LogP contribution in [0.15, 0.2) is 35.9 Å². The molecular weight excluding hydrogens is 324 g/mol. The summed E-state index contributed by atoms with van der Waals surface area (Å²) in [7, 11) is 0. The van der Waals surface area contributed by atoms with E-state index in [4.69, 9.17) is 5.11 Å². The Morgan fingerprint density at radius 1 is 1.15 bits per heavy atom. The topological polar surface area (TPSA) is 46.9 Å². The van der Waals surface area contributed by atoms with Gasteiger partial charge in [-0.2, -0.15) is 0 Å². The number of allylic oxidation sites excluding steroid dienone is 1. The van der Waals surface area contributed by atoms with Gasteiger partial charge in [-0.1, -0.05) is 35.6 Å². The Kier molecular flexibility index (Phi) is 8.87. The molecule has 26 heavy (non-hydrogen) atoms. The smallest absolute Gasteiger partial charge is 0.0540 e. The molecule has 0 aromatic heterocycles. The van der Waals surface area contributed by atoms with Gasteiger partial charge in [-0.25, -0.2) is 0 Å². The van der Waals surface area contributed by atoms with Crippen LogP contribution in [-0.4, -0.2) is 65.4 Å². The van der Waals surface area contributed by atoms with Crippen molar-refractivity contribution in [1.82, 2.24) is 9.80 Å². The first kappa shape index (κ1) is 20.7. The SMILES string of the molecule is CC(C)=CCN1CCN(Cc2ccc(C#CCCO)cc2)CC1CCO. The maximum Gasteiger partial charge on any atom is 0.0540 e. The van der Waals surface area contributed by atoms with Crippen LogP contribution in [0.5, 0.6) is 0 Å². The molecular formula is C22H32N2O2. The van der Waals surface area contributed by atoms with Crippen molar-refractivity contribution in [2.75, 3.05) is 39.4 Å². The molecule has 4 nitrogen and oxygen atoms in total. The minimum absolute atomic E-state index is 0.111. The summed E-state index contributed by atoms with van der Waals surface area (Å²) in [6, 6.07) is 8.79. The molecule has 1 aliphatic heterocycles. The third-order valence-corrected chi connectivity index (χ3v) is 4.71. The van der Waals surface area contributed by atoms with E-state index >= 15 is 0 Å². The van der Waals surface area contributed by atoms with Gasteiger partial charge in [-0.15, -0.1) is 0 Å². The van der Waals surface area contributed by atoms with Gasteiger partial charge < -0.3 is 10.2 Å². The molecule has 1 unspecified atom stereocenters. The van der Waals surface area contributed by atoms with E-state index in [1.165, 1.54) is 11.1 Å². The predicted octanol–water partition coefficient (Wildman–Crippen LogP) is 2.26. The van der Waals surface area contributed by atoms with Gasteiger partial charge in [0, 0.05) is 57.4 Å². The minimum atomic E-state index is 0.111. The van der Waals surface area contributed by atoms with E-state index < -0.39 is 0 Å². The van der Waals surface area contributed by atoms with E-state index in [2.05, 4.69) is 65.8 Å². The Labute approximate surface area is 158 Å². The van der Waals surface area contributed by atoms with Crippen LogP contribution in [0.4, 0.5) is 0 Å². The fourth-order valence-electron chi connectivity index (χ4n) is 3.24. The van der Waals surface area contributed by atoms with Gasteiger partial charge in [0.25, 0.3) is 0 Å². The second-order valence-corrected chi connectivity index (χ2v) is 7.15. The van der Waals surface area contributed by atoms with Crippen LogP contribution in [-0.2, 0) is 6.54 Å². The quantitative estimate of drug-likeness (QED) is 0.581. The average Bonchev–Trinajstić information content (AvgIpc) is 2.63. The number of aliphatic hydroxyl groups excluding tert-OH is 2. The van der Waals surface area contributed by atoms with E-state index in [9.17, 15) is 5.11 Å². The van der Waals surface area contributed by atoms with Gasteiger partial charge >= 0.3 is 0 Å². The number of hydrogen-bond donors (Lipinski definition) is 2. The van der Waals surface area contributed by atoms with Crippen LogP contribution in [0.2, 0.25) is 0 Å². The van der Waals surface area contributed by atoms with E-state index in [0.29, 0.717) is 12.5 Å². The molecule has 142 valence electrons. The normalized spacial score (nSPS) is 18.2. The molecule has 1 aromatic carbocycles. The van der Waals surface area contributed by atoms with Crippen LogP contribution in [0.1, 0.15) is 37.8 Å². The average molecular weight is 357 g/mol. The Morgan fingerprint density at radius 2 is 1.92 bits per heavy atom. The van der Waals surface area contributed by atoms with Crippen molar-refractivity contribution in [2.24, 2.45) is 0 Å². The lowest BCUT2D eigenvalue weighted by Gasteiger charge is -2.41. The van der Waals surface area contributed by atoms with Crippen LogP contribution < -0.4 is 0 Å². The van der Waals surface area contributed by atoms with Crippen LogP contribution >= 0.6 is 0 Å². The van der Waals surface area contributed by atoms with E-state index in [1.807, 2.05) is 0 Å². The zero-order valence-electron chi connectivity index (χ0n) is 16.1. The van der Waals surface area contributed by atoms with Crippen molar-refractivity contribution in [2.45, 2.75) is 39.3 Å². The lowest BCUT2D eigenvalue weighted by molar-refractivity contribution is 0.0637. The first-order valence-corrected chi connectivity index (χ1v) is 9.51. The van der Waals surface area contributed by atoms with Gasteiger partial charge in [-0.3, -0.25) is 9.80 Å². The highest BCUT2D eigenvalue weighted by molar-refractivity contribution is 5.36. The Bertz CT molecular complexity index is 624. The fourth-order valence-corrected chi connectivity index (χ4v) is 3.24. The van der Waals surface area contributed by atoms with Crippen LogP contribution in [0, 0.1) is 11.8 Å². The molecule has 0 amide bonds. The largest absolute Gasteiger partial charge is 0.396 e. The highest BCUT2D eigenvalue weighted by Crippen LogP contribution is 2.16. The number of hydrogen-bond acceptors (Lipinski definition) is 4. The van der Waals surface area contributed by atoms with Crippen molar-refractivity contribution in [3.05, 3.63) is 47.0 Å². The lowest BCUT2D eigenvalue weighted by atomic mass is 10.1. The van der Waals surface area contributed by atoms with Gasteiger partial charge in [-0.05, 0) is 38.0 Å². The summed E-state index contributed by atoms with van der Waals surface area (Å²) in [6.45, 7) is 9.62. The lowest BCUT2D eigenvalue weighted by Crippen LogP contribution is -2.53. The van der Waals surface area contributed by atoms with Crippen LogP contribution in [0.3, 0.4) is 0 Å². The number of nitrogens with zero attached hydrogens (tertiary/aromatic N) is 2. The first-order chi connectivity index (χ1) is 12.6. The maximum absolute atomic E-state index is 9.42. The molecule has 0 aliphatic carbocycles. The molecule has 2 N–H and O–H groups in total. The molecule has 0 spiro atoms. The van der Waals surface area contributed by atoms with E-state index in [1.54, 1.807) is 0 Å². The molecule has 0 bridgehead atoms. The molecule has 4 heteroatoms. The molecule has 0 radical (unpaired) electrons. The number of piperazine rings is 1. The maximum atomic E-state index is 9.42. The Morgan fingerprint density at radius 3 is 2.58 bits per heavy atom. The summed E-state index contributed by atoms with van der Waals surface area (Å²) in [5.41, 5.74) is 3.63. The minimum Gasteiger partial charge on any atom is -0.396 e. The van der Waals surface area contributed by atoms with Crippen molar-refractivity contribution in [1.29, 1.82) is 0 Å². The van der Waals surface area contributed by atoms with Gasteiger partial charge in [0.05, 0.1) is 6.61 Å². The molecule has 1 atom stereocenters. The summed E-state index contributed by atoms with van der Waals surface area (Å²) < 4.78 is 0. The molecule has 1 aromatic rings. The zero-order chi connectivity index (χ0) is 18.8. The summed E-state index contributed by atoms with van der Waals surface area (Å²) in [6.07, 6.45) is 3.62. The standard InChI is InChI=1S/C22H32N2O2/c1-19(2)10-12-24-14-13-23(18-22(24)11-16-26)17-21-8-6-20(7-9-21)5-3-4-15-25/h6-10,22,25-26H,4,11-18H2,1-2H3. The second-order valence-electron chi connectivity index (χ2n) is 7.15. The van der Waals surface area contributed by atoms with Crippen molar-refractivity contribution >= 4 is 0 Å². The Balaban J connectivity index is 1.92. The highest BCUT2D eigenvalue weighted by Gasteiger charge is 2.25. The molecule has 1 heterocycles. The van der Waals surface area contributed by atoms with Crippen molar-refractivity contribution < 1.29 is 10.2 Å². The van der Waals surface area contributed by atoms with Gasteiger partial charge in [0.15, 0.2) is 0 Å². The number of benzene rings is 1. The Hall–Kier alpha value is -1.64. The third-order valence-electron chi connectivity index (χ3n) is 4.71. The summed E-state index contributed by atoms with van der Waals surface area (Å²) >= 11 is 0. The summed E-state index contributed by atoms with van der Waals surface area (Å²) in [5.74, 6) is 6.02. The summed E-state index contributed by atoms with van der Waals surface area (Å²) in [5, 5.41) is 18.2. The van der Waals surface area contributed by atoms with Crippen molar-refractivity contribution in [3.63, 3.8) is 0 Å². The molecule has 0 saturated carbocycles. The monoisotopic (exact) mass is 356 g/mol. The third kappa shape index (κ3) is 6.93. The van der Waals surface area contributed by atoms with Crippen LogP contribution in [0.25, 0.3) is 0 Å². The molecule has 1 aliphatic rings. The number of aliphatic hydroxyl groups is 2. The highest BCUT2D eigenvalue weighted by atomic mass is 16.3. The summed E-state index contributed by atoms with van der Waals surface area (Å²) in [4.78, 5) is 4.96. The predicted molar refractivity (Wildman–Crippen MR) is 107 cm³/mol. The molecule has 2 rings (SSSR count). The number of rotatable bonds is 7. The van der Waals surface area contributed by atoms with E-state index in [0.717, 1.165) is 44.7 Å². The molecule has 1 saturated heterocycles. The van der Waals surface area contributed by atoms with Crippen molar-refractivity contribution in [3.8, 4) is 11.8 Å². The van der Waals surface area contributed by atoms with E-state index in [-0.39, 0.29) is 13.2 Å².